The number of guanidine groups is 1. The molecule has 4 nitrogen and oxygen atoms in total. The largest absolute Gasteiger partial charge is 0.369 e. The van der Waals surface area contributed by atoms with E-state index >= 15 is 0 Å². The highest BCUT2D eigenvalue weighted by Crippen LogP contribution is 2.31. The first-order chi connectivity index (χ1) is 7.68. The highest BCUT2D eigenvalue weighted by Gasteiger charge is 2.20. The molecule has 16 heavy (non-hydrogen) atoms. The molecule has 1 aliphatic carbocycles. The molecule has 0 fully saturated rings. The van der Waals surface area contributed by atoms with E-state index in [4.69, 9.17) is 11.5 Å². The maximum Gasteiger partial charge on any atom is 0.211 e. The predicted octanol–water partition coefficient (Wildman–Crippen LogP) is 1.56. The van der Waals surface area contributed by atoms with Gasteiger partial charge < -0.3 is 11.5 Å². The van der Waals surface area contributed by atoms with Gasteiger partial charge >= 0.3 is 0 Å². The van der Waals surface area contributed by atoms with Crippen LogP contribution in [0.1, 0.15) is 36.8 Å². The molecule has 1 atom stereocenters. The number of nitrogens with zero attached hydrogens (tertiary/aromatic N) is 2. The number of fused-ring (bicyclic) bond motifs is 1. The summed E-state index contributed by atoms with van der Waals surface area (Å²) in [5.74, 6) is 0.581. The molecule has 1 aliphatic rings. The molecule has 0 heterocycles. The van der Waals surface area contributed by atoms with Crippen LogP contribution in [0.2, 0.25) is 0 Å². The molecule has 84 valence electrons. The van der Waals surface area contributed by atoms with E-state index in [1.54, 1.807) is 0 Å². The summed E-state index contributed by atoms with van der Waals surface area (Å²) in [4.78, 5) is 0. The van der Waals surface area contributed by atoms with Crippen molar-refractivity contribution >= 4 is 11.7 Å². The first-order valence-electron chi connectivity index (χ1n) is 5.43. The Morgan fingerprint density at radius 3 is 2.81 bits per heavy atom. The van der Waals surface area contributed by atoms with Crippen molar-refractivity contribution in [2.24, 2.45) is 21.7 Å². The summed E-state index contributed by atoms with van der Waals surface area (Å²) in [6, 6.07) is 8.29. The number of nitrogens with two attached hydrogens (primary N) is 2. The van der Waals surface area contributed by atoms with Crippen LogP contribution < -0.4 is 11.5 Å². The van der Waals surface area contributed by atoms with Gasteiger partial charge in [-0.3, -0.25) is 0 Å². The second-order valence-electron chi connectivity index (χ2n) is 4.10. The normalized spacial score (nSPS) is 21.6. The first-order valence-corrected chi connectivity index (χ1v) is 5.43. The summed E-state index contributed by atoms with van der Waals surface area (Å²) >= 11 is 0. The van der Waals surface area contributed by atoms with E-state index in [1.165, 1.54) is 11.1 Å². The van der Waals surface area contributed by atoms with Crippen LogP contribution in [0.25, 0.3) is 0 Å². The van der Waals surface area contributed by atoms with Gasteiger partial charge in [-0.2, -0.15) is 5.10 Å². The topological polar surface area (TPSA) is 76.8 Å². The van der Waals surface area contributed by atoms with Crippen LogP contribution in [-0.2, 0) is 0 Å². The van der Waals surface area contributed by atoms with Gasteiger partial charge in [0, 0.05) is 5.56 Å². The number of hydrogen-bond donors (Lipinski definition) is 2. The van der Waals surface area contributed by atoms with Crippen molar-refractivity contribution in [2.45, 2.75) is 25.7 Å². The monoisotopic (exact) mass is 216 g/mol. The Balaban J connectivity index is 2.42. The molecule has 4 N–H and O–H groups in total. The highest BCUT2D eigenvalue weighted by atomic mass is 15.3. The average Bonchev–Trinajstić information content (AvgIpc) is 2.28. The minimum absolute atomic E-state index is 0.00334. The van der Waals surface area contributed by atoms with Gasteiger partial charge in [-0.25, -0.2) is 0 Å². The van der Waals surface area contributed by atoms with Crippen LogP contribution in [0, 0.1) is 0 Å². The van der Waals surface area contributed by atoms with Crippen LogP contribution in [0.3, 0.4) is 0 Å². The molecule has 4 heteroatoms. The van der Waals surface area contributed by atoms with E-state index in [9.17, 15) is 0 Å². The molecule has 0 spiro atoms. The SMILES string of the molecule is CC1CC/C(=N/N=C(N)N)c2ccccc21. The summed E-state index contributed by atoms with van der Waals surface area (Å²) in [6.45, 7) is 2.23. The lowest BCUT2D eigenvalue weighted by molar-refractivity contribution is 0.684. The van der Waals surface area contributed by atoms with Crippen molar-refractivity contribution < 1.29 is 0 Å². The van der Waals surface area contributed by atoms with Crippen molar-refractivity contribution in [3.8, 4) is 0 Å². The van der Waals surface area contributed by atoms with Gasteiger partial charge in [-0.1, -0.05) is 31.2 Å². The number of hydrogen-bond acceptors (Lipinski definition) is 2. The second kappa shape index (κ2) is 4.35. The molecule has 2 rings (SSSR count). The predicted molar refractivity (Wildman–Crippen MR) is 66.4 cm³/mol. The minimum atomic E-state index is 0.00334. The zero-order valence-electron chi connectivity index (χ0n) is 9.35. The van der Waals surface area contributed by atoms with Crippen molar-refractivity contribution in [1.82, 2.24) is 0 Å². The van der Waals surface area contributed by atoms with E-state index in [-0.39, 0.29) is 5.96 Å². The van der Waals surface area contributed by atoms with Crippen molar-refractivity contribution in [3.63, 3.8) is 0 Å². The summed E-state index contributed by atoms with van der Waals surface area (Å²) in [6.07, 6.45) is 2.02. The standard InChI is InChI=1S/C12H16N4/c1-8-6-7-11(15-16-12(13)14)10-5-3-2-4-9(8)10/h2-5,8H,6-7H2,1H3,(H4,13,14,16)/b15-11-. The maximum atomic E-state index is 5.28. The van der Waals surface area contributed by atoms with E-state index in [1.807, 2.05) is 6.07 Å². The third kappa shape index (κ3) is 2.05. The zero-order chi connectivity index (χ0) is 11.5. The molecular formula is C12H16N4. The fourth-order valence-electron chi connectivity index (χ4n) is 2.05. The fourth-order valence-corrected chi connectivity index (χ4v) is 2.05. The molecule has 0 aromatic heterocycles. The Kier molecular flexibility index (Phi) is 2.90. The minimum Gasteiger partial charge on any atom is -0.369 e. The third-order valence-electron chi connectivity index (χ3n) is 2.90. The smallest absolute Gasteiger partial charge is 0.211 e. The fraction of sp³-hybridized carbons (Fsp3) is 0.333. The van der Waals surface area contributed by atoms with Crippen LogP contribution in [0.15, 0.2) is 34.5 Å². The van der Waals surface area contributed by atoms with Gasteiger partial charge in [0.25, 0.3) is 0 Å². The molecular weight excluding hydrogens is 200 g/mol. The lowest BCUT2D eigenvalue weighted by Crippen LogP contribution is -2.22. The van der Waals surface area contributed by atoms with Crippen molar-refractivity contribution in [3.05, 3.63) is 35.4 Å². The molecule has 0 bridgehead atoms. The highest BCUT2D eigenvalue weighted by molar-refractivity contribution is 6.03. The lowest BCUT2D eigenvalue weighted by atomic mass is 9.83. The Morgan fingerprint density at radius 2 is 2.06 bits per heavy atom. The molecule has 0 radical (unpaired) electrons. The van der Waals surface area contributed by atoms with Crippen molar-refractivity contribution in [1.29, 1.82) is 0 Å². The van der Waals surface area contributed by atoms with E-state index in [0.29, 0.717) is 5.92 Å². The summed E-state index contributed by atoms with van der Waals surface area (Å²) in [5, 5.41) is 7.85. The van der Waals surface area contributed by atoms with Gasteiger partial charge in [0.05, 0.1) is 5.71 Å². The lowest BCUT2D eigenvalue weighted by Gasteiger charge is -2.22. The zero-order valence-corrected chi connectivity index (χ0v) is 9.35. The van der Waals surface area contributed by atoms with Crippen LogP contribution in [-0.4, -0.2) is 11.7 Å². The molecule has 1 aromatic carbocycles. The summed E-state index contributed by atoms with van der Waals surface area (Å²) in [5.41, 5.74) is 14.0. The van der Waals surface area contributed by atoms with Crippen LogP contribution in [0.4, 0.5) is 0 Å². The van der Waals surface area contributed by atoms with Gasteiger partial charge in [-0.05, 0) is 24.3 Å². The van der Waals surface area contributed by atoms with Gasteiger partial charge in [0.2, 0.25) is 5.96 Å². The summed E-state index contributed by atoms with van der Waals surface area (Å²) < 4.78 is 0. The Hall–Kier alpha value is -1.84. The molecule has 0 saturated heterocycles. The van der Waals surface area contributed by atoms with E-state index < -0.39 is 0 Å². The van der Waals surface area contributed by atoms with Crippen molar-refractivity contribution in [2.75, 3.05) is 0 Å². The molecule has 1 unspecified atom stereocenters. The Morgan fingerprint density at radius 1 is 1.31 bits per heavy atom. The molecule has 0 saturated carbocycles. The first kappa shape index (κ1) is 10.7. The van der Waals surface area contributed by atoms with Crippen LogP contribution in [0.5, 0.6) is 0 Å². The quantitative estimate of drug-likeness (QED) is 0.424. The number of benzene rings is 1. The Bertz CT molecular complexity index is 444. The van der Waals surface area contributed by atoms with Gasteiger partial charge in [0.15, 0.2) is 0 Å². The van der Waals surface area contributed by atoms with E-state index in [2.05, 4.69) is 35.3 Å². The van der Waals surface area contributed by atoms with Gasteiger partial charge in [-0.15, -0.1) is 5.10 Å². The molecule has 0 aliphatic heterocycles. The average molecular weight is 216 g/mol. The van der Waals surface area contributed by atoms with Crippen LogP contribution >= 0.6 is 0 Å². The number of rotatable bonds is 1. The van der Waals surface area contributed by atoms with Gasteiger partial charge in [0.1, 0.15) is 0 Å². The summed E-state index contributed by atoms with van der Waals surface area (Å²) in [7, 11) is 0. The second-order valence-corrected chi connectivity index (χ2v) is 4.10. The third-order valence-corrected chi connectivity index (χ3v) is 2.90. The Labute approximate surface area is 95.1 Å². The molecule has 1 aromatic rings. The van der Waals surface area contributed by atoms with E-state index in [0.717, 1.165) is 18.6 Å². The molecule has 0 amide bonds. The maximum absolute atomic E-state index is 5.28.